The molecule has 7 nitrogen and oxygen atoms in total. The summed E-state index contributed by atoms with van der Waals surface area (Å²) in [5, 5.41) is 11.1. The Morgan fingerprint density at radius 3 is 2.42 bits per heavy atom. The van der Waals surface area contributed by atoms with E-state index < -0.39 is 11.5 Å². The number of hydrogen-bond donors (Lipinski definition) is 1. The molecule has 7 heteroatoms. The van der Waals surface area contributed by atoms with E-state index in [-0.39, 0.29) is 71.4 Å². The smallest absolute Gasteiger partial charge is 0.161 e. The van der Waals surface area contributed by atoms with Crippen LogP contribution in [0.5, 0.6) is 0 Å². The first-order valence-electron chi connectivity index (χ1n) is 20.3. The molecule has 0 heterocycles. The third-order valence-electron chi connectivity index (χ3n) is 12.2. The van der Waals surface area contributed by atoms with E-state index in [9.17, 15) is 24.3 Å². The number of rotatable bonds is 22. The Balaban J connectivity index is 1.33. The van der Waals surface area contributed by atoms with Crippen LogP contribution in [-0.4, -0.2) is 52.7 Å². The van der Waals surface area contributed by atoms with Crippen LogP contribution < -0.4 is 0 Å². The minimum Gasteiger partial charge on any atom is -0.493 e. The van der Waals surface area contributed by atoms with Crippen LogP contribution in [-0.2, 0) is 28.7 Å². The lowest BCUT2D eigenvalue weighted by atomic mass is 9.70. The Morgan fingerprint density at radius 2 is 1.77 bits per heavy atom. The quantitative estimate of drug-likeness (QED) is 0.0675. The molecule has 3 saturated carbocycles. The highest BCUT2D eigenvalue weighted by Gasteiger charge is 2.58. The van der Waals surface area contributed by atoms with E-state index in [0.717, 1.165) is 49.7 Å². The lowest BCUT2D eigenvalue weighted by molar-refractivity contribution is -0.138. The molecule has 3 fully saturated rings. The van der Waals surface area contributed by atoms with Gasteiger partial charge in [-0.2, -0.15) is 0 Å². The largest absolute Gasteiger partial charge is 0.493 e. The Hall–Kier alpha value is -2.64. The minimum atomic E-state index is -1.04. The molecule has 0 bridgehead atoms. The SMILES string of the molecule is C=CCCC(CC(=O)C1C(C(=O)C(CC(=C)OC(C)(C)C)C2CCCCC2)CC2CC21)C(=O)COCCCC(C)(O)CC1C(=O)CC(C)=C1/C=C\C. The molecule has 8 atom stereocenters. The molecule has 0 amide bonds. The molecule has 0 aromatic heterocycles. The summed E-state index contributed by atoms with van der Waals surface area (Å²) in [7, 11) is 0. The van der Waals surface area contributed by atoms with Gasteiger partial charge in [0.1, 0.15) is 29.6 Å². The van der Waals surface area contributed by atoms with E-state index in [1.165, 1.54) is 6.42 Å². The van der Waals surface area contributed by atoms with Gasteiger partial charge in [0.25, 0.3) is 0 Å². The van der Waals surface area contributed by atoms with Crippen molar-refractivity contribution in [3.05, 3.63) is 48.3 Å². The van der Waals surface area contributed by atoms with E-state index in [1.54, 1.807) is 13.0 Å². The molecule has 0 spiro atoms. The molecule has 1 N–H and O–H groups in total. The summed E-state index contributed by atoms with van der Waals surface area (Å²) in [6.45, 7) is 19.9. The summed E-state index contributed by atoms with van der Waals surface area (Å²) < 4.78 is 11.9. The Labute approximate surface area is 314 Å². The van der Waals surface area contributed by atoms with E-state index in [4.69, 9.17) is 9.47 Å². The maximum absolute atomic E-state index is 14.5. The predicted octanol–water partition coefficient (Wildman–Crippen LogP) is 9.27. The maximum atomic E-state index is 14.5. The normalized spacial score (nSPS) is 27.3. The highest BCUT2D eigenvalue weighted by molar-refractivity contribution is 5.95. The summed E-state index contributed by atoms with van der Waals surface area (Å²) in [5.74, 6) is 0.356. The number of aliphatic hydroxyl groups is 1. The molecule has 290 valence electrons. The van der Waals surface area contributed by atoms with Gasteiger partial charge >= 0.3 is 0 Å². The maximum Gasteiger partial charge on any atom is 0.161 e. The number of hydrogen-bond acceptors (Lipinski definition) is 7. The third-order valence-corrected chi connectivity index (χ3v) is 12.2. The van der Waals surface area contributed by atoms with Crippen LogP contribution in [0.4, 0.5) is 0 Å². The van der Waals surface area contributed by atoms with Crippen molar-refractivity contribution in [2.24, 2.45) is 47.3 Å². The number of carbonyl (C=O) groups is 4. The van der Waals surface area contributed by atoms with Crippen molar-refractivity contribution in [3.8, 4) is 0 Å². The monoisotopic (exact) mass is 720 g/mol. The Kier molecular flexibility index (Phi) is 15.1. The summed E-state index contributed by atoms with van der Waals surface area (Å²) in [5.41, 5.74) is 0.660. The van der Waals surface area contributed by atoms with E-state index in [0.29, 0.717) is 69.1 Å². The molecule has 0 aromatic rings. The van der Waals surface area contributed by atoms with Crippen LogP contribution >= 0.6 is 0 Å². The van der Waals surface area contributed by atoms with E-state index >= 15 is 0 Å². The van der Waals surface area contributed by atoms with Crippen molar-refractivity contribution < 1.29 is 33.8 Å². The number of ether oxygens (including phenoxy) is 2. The molecular weight excluding hydrogens is 652 g/mol. The lowest BCUT2D eigenvalue weighted by Gasteiger charge is -2.34. The van der Waals surface area contributed by atoms with Crippen molar-refractivity contribution >= 4 is 23.1 Å². The molecule has 52 heavy (non-hydrogen) atoms. The Bertz CT molecular complexity index is 1370. The van der Waals surface area contributed by atoms with Crippen molar-refractivity contribution in [1.82, 2.24) is 0 Å². The average Bonchev–Trinajstić information content (AvgIpc) is 3.65. The Morgan fingerprint density at radius 1 is 1.06 bits per heavy atom. The van der Waals surface area contributed by atoms with Gasteiger partial charge in [0.2, 0.25) is 0 Å². The van der Waals surface area contributed by atoms with Crippen LogP contribution in [0.3, 0.4) is 0 Å². The number of Topliss-reactive ketones (excluding diaryl/α,β-unsaturated/α-hetero) is 4. The van der Waals surface area contributed by atoms with Gasteiger partial charge in [-0.05, 0) is 123 Å². The van der Waals surface area contributed by atoms with Crippen LogP contribution in [0, 0.1) is 47.3 Å². The van der Waals surface area contributed by atoms with Gasteiger partial charge in [0, 0.05) is 55.5 Å². The molecule has 0 radical (unpaired) electrons. The average molecular weight is 721 g/mol. The summed E-state index contributed by atoms with van der Waals surface area (Å²) in [6.07, 6.45) is 16.6. The van der Waals surface area contributed by atoms with Crippen molar-refractivity contribution in [2.45, 2.75) is 149 Å². The highest BCUT2D eigenvalue weighted by Crippen LogP contribution is 2.60. The number of fused-ring (bicyclic) bond motifs is 1. The molecule has 4 aliphatic carbocycles. The van der Waals surface area contributed by atoms with Gasteiger partial charge in [-0.15, -0.1) is 6.58 Å². The number of carbonyl (C=O) groups excluding carboxylic acids is 4. The van der Waals surface area contributed by atoms with Gasteiger partial charge in [0.15, 0.2) is 5.78 Å². The second kappa shape index (κ2) is 18.6. The molecule has 8 unspecified atom stereocenters. The first-order chi connectivity index (χ1) is 24.5. The summed E-state index contributed by atoms with van der Waals surface area (Å²) >= 11 is 0. The molecular formula is C45H68O7. The number of ketones is 4. The van der Waals surface area contributed by atoms with Crippen molar-refractivity contribution in [3.63, 3.8) is 0 Å². The second-order valence-corrected chi connectivity index (χ2v) is 17.9. The first-order valence-corrected chi connectivity index (χ1v) is 20.3. The predicted molar refractivity (Wildman–Crippen MR) is 206 cm³/mol. The standard InChI is InChI=1S/C45H68O7/c1-9-11-17-32(41(48)28-51-21-15-20-45(8,50)27-38-34(16-10-2)29(3)22-39(38)46)26-40(47)42-35-24-33(35)25-37(42)43(49)36(31-18-13-12-14-19-31)23-30(4)52-44(5,6)7/h9-10,16,31-33,35-38,42,50H,1,4,11-15,17-28H2,2-3,5-8H3/b16-10-. The zero-order valence-electron chi connectivity index (χ0n) is 33.2. The second-order valence-electron chi connectivity index (χ2n) is 17.9. The van der Waals surface area contributed by atoms with Gasteiger partial charge in [-0.25, -0.2) is 0 Å². The van der Waals surface area contributed by atoms with Crippen molar-refractivity contribution in [2.75, 3.05) is 13.2 Å². The highest BCUT2D eigenvalue weighted by atomic mass is 16.5. The molecule has 0 aliphatic heterocycles. The van der Waals surface area contributed by atoms with Crippen LogP contribution in [0.15, 0.2) is 48.3 Å². The van der Waals surface area contributed by atoms with Crippen LogP contribution in [0.2, 0.25) is 0 Å². The van der Waals surface area contributed by atoms with E-state index in [2.05, 4.69) is 13.2 Å². The fourth-order valence-corrected chi connectivity index (χ4v) is 9.62. The third kappa shape index (κ3) is 11.7. The fraction of sp³-hybridized carbons (Fsp3) is 0.733. The summed E-state index contributed by atoms with van der Waals surface area (Å²) in [4.78, 5) is 54.8. The molecule has 0 aromatic carbocycles. The zero-order valence-corrected chi connectivity index (χ0v) is 33.2. The zero-order chi connectivity index (χ0) is 38.2. The topological polar surface area (TPSA) is 107 Å². The minimum absolute atomic E-state index is 0.0528. The molecule has 4 aliphatic rings. The summed E-state index contributed by atoms with van der Waals surface area (Å²) in [6, 6.07) is 0. The molecule has 4 rings (SSSR count). The van der Waals surface area contributed by atoms with Crippen molar-refractivity contribution in [1.29, 1.82) is 0 Å². The van der Waals surface area contributed by atoms with E-state index in [1.807, 2.05) is 46.8 Å². The lowest BCUT2D eigenvalue weighted by Crippen LogP contribution is -2.38. The van der Waals surface area contributed by atoms with Crippen LogP contribution in [0.1, 0.15) is 138 Å². The molecule has 0 saturated heterocycles. The van der Waals surface area contributed by atoms with Gasteiger partial charge in [0.05, 0.1) is 11.4 Å². The van der Waals surface area contributed by atoms with Crippen LogP contribution in [0.25, 0.3) is 0 Å². The fourth-order valence-electron chi connectivity index (χ4n) is 9.62. The van der Waals surface area contributed by atoms with Gasteiger partial charge in [-0.3, -0.25) is 19.2 Å². The van der Waals surface area contributed by atoms with Gasteiger partial charge in [-0.1, -0.05) is 49.6 Å². The first kappa shape index (κ1) is 42.1. The number of allylic oxidation sites excluding steroid dienone is 6. The van der Waals surface area contributed by atoms with Gasteiger partial charge < -0.3 is 14.6 Å².